The minimum Gasteiger partial charge on any atom is -0.490 e. The molecule has 1 N–H and O–H groups in total. The molecule has 0 heterocycles. The van der Waals surface area contributed by atoms with Crippen LogP contribution in [0.15, 0.2) is 41.3 Å². The van der Waals surface area contributed by atoms with Crippen LogP contribution in [0.5, 0.6) is 11.5 Å². The number of hydrogen-bond donors (Lipinski definition) is 1. The Kier molecular flexibility index (Phi) is 7.39. The van der Waals surface area contributed by atoms with Crippen LogP contribution in [0.25, 0.3) is 0 Å². The van der Waals surface area contributed by atoms with E-state index >= 15 is 0 Å². The number of ether oxygens (including phenoxy) is 2. The molecule has 2 rings (SSSR count). The van der Waals surface area contributed by atoms with Gasteiger partial charge in [-0.1, -0.05) is 12.1 Å². The Bertz CT molecular complexity index is 761. The highest BCUT2D eigenvalue weighted by Crippen LogP contribution is 2.31. The number of hydrogen-bond acceptors (Lipinski definition) is 4. The van der Waals surface area contributed by atoms with Crippen molar-refractivity contribution in [3.8, 4) is 11.5 Å². The van der Waals surface area contributed by atoms with Crippen LogP contribution in [0.2, 0.25) is 0 Å². The number of thioether (sulfide) groups is 1. The Hall–Kier alpha value is -2.14. The molecule has 140 valence electrons. The maximum absolute atomic E-state index is 12.7. The van der Waals surface area contributed by atoms with Gasteiger partial charge in [-0.2, -0.15) is 0 Å². The molecule has 0 aliphatic rings. The number of nitrogens with one attached hydrogen (secondary N) is 1. The number of amides is 1. The normalized spacial score (nSPS) is 11.7. The molecule has 1 atom stereocenters. The Morgan fingerprint density at radius 1 is 1.08 bits per heavy atom. The third-order valence-corrected chi connectivity index (χ3v) is 4.83. The lowest BCUT2D eigenvalue weighted by atomic mass is 10.1. The van der Waals surface area contributed by atoms with E-state index in [1.807, 2.05) is 70.3 Å². The van der Waals surface area contributed by atoms with Crippen molar-refractivity contribution in [3.05, 3.63) is 53.1 Å². The zero-order valence-electron chi connectivity index (χ0n) is 16.1. The van der Waals surface area contributed by atoms with Gasteiger partial charge in [0.25, 0.3) is 5.91 Å². The summed E-state index contributed by atoms with van der Waals surface area (Å²) in [6, 6.07) is 11.6. The minimum absolute atomic E-state index is 0.0715. The third kappa shape index (κ3) is 4.94. The fraction of sp³-hybridized carbons (Fsp3) is 0.381. The lowest BCUT2D eigenvalue weighted by molar-refractivity contribution is 0.0939. The molecule has 0 aliphatic heterocycles. The molecule has 5 heteroatoms. The first kappa shape index (κ1) is 20.2. The van der Waals surface area contributed by atoms with E-state index in [-0.39, 0.29) is 11.9 Å². The summed E-state index contributed by atoms with van der Waals surface area (Å²) in [6.45, 7) is 8.94. The van der Waals surface area contributed by atoms with E-state index < -0.39 is 0 Å². The SMILES string of the molecule is CCOc1ccc(C(C)NC(=O)c2cc(SC)ccc2C)cc1OCC. The highest BCUT2D eigenvalue weighted by atomic mass is 32.2. The largest absolute Gasteiger partial charge is 0.490 e. The number of benzene rings is 2. The molecular formula is C21H27NO3S. The second-order valence-corrected chi connectivity index (χ2v) is 6.83. The monoisotopic (exact) mass is 373 g/mol. The number of rotatable bonds is 8. The van der Waals surface area contributed by atoms with E-state index in [4.69, 9.17) is 9.47 Å². The fourth-order valence-electron chi connectivity index (χ4n) is 2.67. The zero-order chi connectivity index (χ0) is 19.1. The van der Waals surface area contributed by atoms with Gasteiger partial charge in [0.05, 0.1) is 19.3 Å². The summed E-state index contributed by atoms with van der Waals surface area (Å²) < 4.78 is 11.3. The quantitative estimate of drug-likeness (QED) is 0.661. The van der Waals surface area contributed by atoms with E-state index in [0.717, 1.165) is 21.8 Å². The van der Waals surface area contributed by atoms with Gasteiger partial charge in [-0.25, -0.2) is 0 Å². The molecule has 0 saturated heterocycles. The lowest BCUT2D eigenvalue weighted by Gasteiger charge is -2.18. The Morgan fingerprint density at radius 3 is 2.42 bits per heavy atom. The van der Waals surface area contributed by atoms with Crippen molar-refractivity contribution in [1.82, 2.24) is 5.32 Å². The second-order valence-electron chi connectivity index (χ2n) is 5.95. The summed E-state index contributed by atoms with van der Waals surface area (Å²) in [4.78, 5) is 13.8. The summed E-state index contributed by atoms with van der Waals surface area (Å²) >= 11 is 1.63. The van der Waals surface area contributed by atoms with Gasteiger partial charge >= 0.3 is 0 Å². The van der Waals surface area contributed by atoms with E-state index in [2.05, 4.69) is 5.32 Å². The van der Waals surface area contributed by atoms with Gasteiger partial charge in [-0.15, -0.1) is 11.8 Å². The molecule has 4 nitrogen and oxygen atoms in total. The van der Waals surface area contributed by atoms with Crippen molar-refractivity contribution < 1.29 is 14.3 Å². The van der Waals surface area contributed by atoms with Crippen molar-refractivity contribution >= 4 is 17.7 Å². The zero-order valence-corrected chi connectivity index (χ0v) is 16.9. The molecule has 0 aromatic heterocycles. The van der Waals surface area contributed by atoms with Gasteiger partial charge in [0.15, 0.2) is 11.5 Å². The standard InChI is InChI=1S/C21H27NO3S/c1-6-24-19-11-9-16(12-20(19)25-7-2)15(4)22-21(23)18-13-17(26-5)10-8-14(18)3/h8-13,15H,6-7H2,1-5H3,(H,22,23). The molecule has 0 fully saturated rings. The molecule has 2 aromatic rings. The average molecular weight is 374 g/mol. The van der Waals surface area contributed by atoms with Gasteiger partial charge < -0.3 is 14.8 Å². The molecule has 0 spiro atoms. The number of aryl methyl sites for hydroxylation is 1. The highest BCUT2D eigenvalue weighted by molar-refractivity contribution is 7.98. The van der Waals surface area contributed by atoms with Crippen LogP contribution < -0.4 is 14.8 Å². The first-order valence-electron chi connectivity index (χ1n) is 8.85. The van der Waals surface area contributed by atoms with Gasteiger partial charge in [0.1, 0.15) is 0 Å². The topological polar surface area (TPSA) is 47.6 Å². The van der Waals surface area contributed by atoms with Crippen LogP contribution in [0.1, 0.15) is 48.3 Å². The molecular weight excluding hydrogens is 346 g/mol. The minimum atomic E-state index is -0.144. The van der Waals surface area contributed by atoms with Crippen LogP contribution in [0.4, 0.5) is 0 Å². The van der Waals surface area contributed by atoms with Gasteiger partial charge in [0.2, 0.25) is 0 Å². The molecule has 26 heavy (non-hydrogen) atoms. The predicted octanol–water partition coefficient (Wildman–Crippen LogP) is 5.01. The maximum Gasteiger partial charge on any atom is 0.252 e. The first-order chi connectivity index (χ1) is 12.5. The summed E-state index contributed by atoms with van der Waals surface area (Å²) in [5, 5.41) is 3.08. The number of carbonyl (C=O) groups is 1. The third-order valence-electron chi connectivity index (χ3n) is 4.10. The molecule has 0 radical (unpaired) electrons. The summed E-state index contributed by atoms with van der Waals surface area (Å²) in [6.07, 6.45) is 2.00. The summed E-state index contributed by atoms with van der Waals surface area (Å²) in [5.74, 6) is 1.35. The Labute approximate surface area is 160 Å². The van der Waals surface area contributed by atoms with Gasteiger partial charge in [-0.05, 0) is 69.3 Å². The summed E-state index contributed by atoms with van der Waals surface area (Å²) in [7, 11) is 0. The van der Waals surface area contributed by atoms with Crippen molar-refractivity contribution in [2.45, 2.75) is 38.6 Å². The summed E-state index contributed by atoms with van der Waals surface area (Å²) in [5.41, 5.74) is 2.65. The van der Waals surface area contributed by atoms with E-state index in [0.29, 0.717) is 24.5 Å². The molecule has 1 amide bonds. The number of carbonyl (C=O) groups excluding carboxylic acids is 1. The highest BCUT2D eigenvalue weighted by Gasteiger charge is 2.16. The van der Waals surface area contributed by atoms with E-state index in [1.165, 1.54) is 0 Å². The van der Waals surface area contributed by atoms with Crippen molar-refractivity contribution in [3.63, 3.8) is 0 Å². The van der Waals surface area contributed by atoms with Crippen LogP contribution >= 0.6 is 11.8 Å². The van der Waals surface area contributed by atoms with Gasteiger partial charge in [0, 0.05) is 10.5 Å². The van der Waals surface area contributed by atoms with Crippen LogP contribution in [-0.2, 0) is 0 Å². The Morgan fingerprint density at radius 2 is 1.77 bits per heavy atom. The van der Waals surface area contributed by atoms with Crippen LogP contribution in [0, 0.1) is 6.92 Å². The molecule has 0 bridgehead atoms. The second kappa shape index (κ2) is 9.53. The van der Waals surface area contributed by atoms with Crippen molar-refractivity contribution in [1.29, 1.82) is 0 Å². The molecule has 2 aromatic carbocycles. The van der Waals surface area contributed by atoms with Crippen LogP contribution in [0.3, 0.4) is 0 Å². The van der Waals surface area contributed by atoms with Crippen molar-refractivity contribution in [2.24, 2.45) is 0 Å². The fourth-order valence-corrected chi connectivity index (χ4v) is 3.11. The smallest absolute Gasteiger partial charge is 0.252 e. The van der Waals surface area contributed by atoms with Gasteiger partial charge in [-0.3, -0.25) is 4.79 Å². The molecule has 0 saturated carbocycles. The molecule has 1 unspecified atom stereocenters. The predicted molar refractivity (Wildman–Crippen MR) is 108 cm³/mol. The Balaban J connectivity index is 2.20. The first-order valence-corrected chi connectivity index (χ1v) is 10.1. The maximum atomic E-state index is 12.7. The van der Waals surface area contributed by atoms with Crippen molar-refractivity contribution in [2.75, 3.05) is 19.5 Å². The molecule has 0 aliphatic carbocycles. The van der Waals surface area contributed by atoms with Crippen LogP contribution in [-0.4, -0.2) is 25.4 Å². The van der Waals surface area contributed by atoms with E-state index in [1.54, 1.807) is 11.8 Å². The average Bonchev–Trinajstić information content (AvgIpc) is 2.63. The van der Waals surface area contributed by atoms with E-state index in [9.17, 15) is 4.79 Å². The lowest BCUT2D eigenvalue weighted by Crippen LogP contribution is -2.27.